The maximum Gasteiger partial charge on any atom is 0.273 e. The van der Waals surface area contributed by atoms with Gasteiger partial charge in [-0.1, -0.05) is 20.3 Å². The van der Waals surface area contributed by atoms with E-state index in [1.165, 1.54) is 38.4 Å². The molecule has 5 nitrogen and oxygen atoms in total. The van der Waals surface area contributed by atoms with Crippen LogP contribution in [0.5, 0.6) is 0 Å². The summed E-state index contributed by atoms with van der Waals surface area (Å²) in [6.07, 6.45) is 9.01. The maximum absolute atomic E-state index is 12.6. The first kappa shape index (κ1) is 16.1. The van der Waals surface area contributed by atoms with Gasteiger partial charge < -0.3 is 15.5 Å². The van der Waals surface area contributed by atoms with Gasteiger partial charge in [-0.3, -0.25) is 4.79 Å². The van der Waals surface area contributed by atoms with E-state index < -0.39 is 0 Å². The second-order valence-corrected chi connectivity index (χ2v) is 8.41. The standard InChI is InChI=1S/C19H29N3O2/c1-3-10(2)16(20)19-21-15(9-24-19)18(23)22-17-13-5-11-4-12(7-13)8-14(17)6-11/h9-14,16-17H,3-8,20H2,1-2H3,(H,22,23). The van der Waals surface area contributed by atoms with Crippen LogP contribution in [0.2, 0.25) is 0 Å². The molecule has 4 aliphatic carbocycles. The molecule has 1 heterocycles. The topological polar surface area (TPSA) is 81.1 Å². The number of nitrogens with one attached hydrogen (secondary N) is 1. The number of amides is 1. The molecule has 0 aromatic carbocycles. The minimum atomic E-state index is -0.252. The Hall–Kier alpha value is -1.36. The van der Waals surface area contributed by atoms with Crippen LogP contribution in [0.4, 0.5) is 0 Å². The Bertz CT molecular complexity index is 584. The fourth-order valence-corrected chi connectivity index (χ4v) is 5.43. The summed E-state index contributed by atoms with van der Waals surface area (Å²) in [6.45, 7) is 4.16. The Morgan fingerprint density at radius 3 is 2.50 bits per heavy atom. The molecule has 2 unspecified atom stereocenters. The summed E-state index contributed by atoms with van der Waals surface area (Å²) < 4.78 is 5.48. The molecular formula is C19H29N3O2. The third kappa shape index (κ3) is 2.77. The summed E-state index contributed by atoms with van der Waals surface area (Å²) in [4.78, 5) is 17.0. The fourth-order valence-electron chi connectivity index (χ4n) is 5.43. The van der Waals surface area contributed by atoms with Crippen LogP contribution in [0.25, 0.3) is 0 Å². The average molecular weight is 331 g/mol. The third-order valence-electron chi connectivity index (χ3n) is 6.82. The number of nitrogens with two attached hydrogens (primary N) is 1. The predicted octanol–water partition coefficient (Wildman–Crippen LogP) is 3.28. The van der Waals surface area contributed by atoms with Gasteiger partial charge in [-0.2, -0.15) is 0 Å². The molecule has 0 saturated heterocycles. The molecule has 4 aliphatic rings. The molecule has 1 aromatic rings. The van der Waals surface area contributed by atoms with E-state index in [4.69, 9.17) is 10.2 Å². The highest BCUT2D eigenvalue weighted by molar-refractivity contribution is 5.92. The monoisotopic (exact) mass is 331 g/mol. The molecular weight excluding hydrogens is 302 g/mol. The summed E-state index contributed by atoms with van der Waals surface area (Å²) in [5, 5.41) is 3.27. The molecule has 1 amide bonds. The van der Waals surface area contributed by atoms with Crippen molar-refractivity contribution >= 4 is 5.91 Å². The number of rotatable bonds is 5. The van der Waals surface area contributed by atoms with Gasteiger partial charge in [0.1, 0.15) is 6.26 Å². The molecule has 0 spiro atoms. The van der Waals surface area contributed by atoms with E-state index in [0.29, 0.717) is 29.5 Å². The maximum atomic E-state index is 12.6. The first-order chi connectivity index (χ1) is 11.5. The molecule has 4 fully saturated rings. The van der Waals surface area contributed by atoms with Gasteiger partial charge in [-0.25, -0.2) is 4.98 Å². The van der Waals surface area contributed by atoms with Crippen LogP contribution in [0.1, 0.15) is 74.8 Å². The van der Waals surface area contributed by atoms with E-state index >= 15 is 0 Å². The number of hydrogen-bond donors (Lipinski definition) is 2. The second-order valence-electron chi connectivity index (χ2n) is 8.41. The zero-order chi connectivity index (χ0) is 16.8. The van der Waals surface area contributed by atoms with Crippen molar-refractivity contribution in [3.8, 4) is 0 Å². The molecule has 3 N–H and O–H groups in total. The molecule has 132 valence electrons. The number of aromatic nitrogens is 1. The molecule has 4 bridgehead atoms. The zero-order valence-electron chi connectivity index (χ0n) is 14.7. The second kappa shape index (κ2) is 6.17. The Labute approximate surface area is 143 Å². The molecule has 0 radical (unpaired) electrons. The highest BCUT2D eigenvalue weighted by Crippen LogP contribution is 2.53. The van der Waals surface area contributed by atoms with Crippen LogP contribution in [0, 0.1) is 29.6 Å². The van der Waals surface area contributed by atoms with E-state index in [2.05, 4.69) is 24.1 Å². The first-order valence-corrected chi connectivity index (χ1v) is 9.57. The van der Waals surface area contributed by atoms with Gasteiger partial charge in [0.25, 0.3) is 5.91 Å². The van der Waals surface area contributed by atoms with Crippen LogP contribution in [-0.2, 0) is 0 Å². The SMILES string of the molecule is CCC(C)C(N)c1nc(C(=O)NC2C3CC4CC(C3)CC2C4)co1. The van der Waals surface area contributed by atoms with Gasteiger partial charge in [0.2, 0.25) is 5.89 Å². The molecule has 4 saturated carbocycles. The van der Waals surface area contributed by atoms with E-state index in [1.54, 1.807) is 0 Å². The third-order valence-corrected chi connectivity index (χ3v) is 6.82. The van der Waals surface area contributed by atoms with Crippen molar-refractivity contribution in [2.24, 2.45) is 35.3 Å². The lowest BCUT2D eigenvalue weighted by atomic mass is 9.54. The van der Waals surface area contributed by atoms with E-state index in [-0.39, 0.29) is 17.9 Å². The van der Waals surface area contributed by atoms with Crippen molar-refractivity contribution in [1.82, 2.24) is 10.3 Å². The Kier molecular flexibility index (Phi) is 4.15. The normalized spacial score (nSPS) is 36.5. The van der Waals surface area contributed by atoms with Crippen molar-refractivity contribution in [1.29, 1.82) is 0 Å². The zero-order valence-corrected chi connectivity index (χ0v) is 14.7. The van der Waals surface area contributed by atoms with Gasteiger partial charge in [0, 0.05) is 6.04 Å². The van der Waals surface area contributed by atoms with Crippen LogP contribution in [-0.4, -0.2) is 16.9 Å². The van der Waals surface area contributed by atoms with Crippen LogP contribution >= 0.6 is 0 Å². The van der Waals surface area contributed by atoms with Crippen LogP contribution < -0.4 is 11.1 Å². The Balaban J connectivity index is 1.43. The van der Waals surface area contributed by atoms with Crippen molar-refractivity contribution < 1.29 is 9.21 Å². The van der Waals surface area contributed by atoms with Gasteiger partial charge in [0.15, 0.2) is 5.69 Å². The number of oxazole rings is 1. The molecule has 24 heavy (non-hydrogen) atoms. The van der Waals surface area contributed by atoms with Gasteiger partial charge >= 0.3 is 0 Å². The number of carbonyl (C=O) groups is 1. The molecule has 5 heteroatoms. The van der Waals surface area contributed by atoms with Crippen molar-refractivity contribution in [2.75, 3.05) is 0 Å². The summed E-state index contributed by atoms with van der Waals surface area (Å²) >= 11 is 0. The average Bonchev–Trinajstić information content (AvgIpc) is 3.06. The van der Waals surface area contributed by atoms with Crippen molar-refractivity contribution in [2.45, 2.75) is 64.5 Å². The predicted molar refractivity (Wildman–Crippen MR) is 91.2 cm³/mol. The largest absolute Gasteiger partial charge is 0.446 e. The van der Waals surface area contributed by atoms with Gasteiger partial charge in [-0.05, 0) is 61.7 Å². The summed E-state index contributed by atoms with van der Waals surface area (Å²) in [5.41, 5.74) is 6.53. The number of hydrogen-bond acceptors (Lipinski definition) is 4. The molecule has 5 rings (SSSR count). The Morgan fingerprint density at radius 2 is 1.92 bits per heavy atom. The van der Waals surface area contributed by atoms with E-state index in [1.807, 2.05) is 0 Å². The summed E-state index contributed by atoms with van der Waals surface area (Å²) in [7, 11) is 0. The van der Waals surface area contributed by atoms with Crippen LogP contribution in [0.15, 0.2) is 10.7 Å². The summed E-state index contributed by atoms with van der Waals surface area (Å²) in [5.74, 6) is 3.81. The van der Waals surface area contributed by atoms with Gasteiger partial charge in [-0.15, -0.1) is 0 Å². The highest BCUT2D eigenvalue weighted by atomic mass is 16.3. The first-order valence-electron chi connectivity index (χ1n) is 9.57. The highest BCUT2D eigenvalue weighted by Gasteiger charge is 2.48. The molecule has 2 atom stereocenters. The Morgan fingerprint density at radius 1 is 1.29 bits per heavy atom. The van der Waals surface area contributed by atoms with E-state index in [0.717, 1.165) is 18.3 Å². The fraction of sp³-hybridized carbons (Fsp3) is 0.789. The smallest absolute Gasteiger partial charge is 0.273 e. The van der Waals surface area contributed by atoms with Crippen molar-refractivity contribution in [3.63, 3.8) is 0 Å². The lowest BCUT2D eigenvalue weighted by Crippen LogP contribution is -2.55. The molecule has 1 aromatic heterocycles. The number of carbonyl (C=O) groups excluding carboxylic acids is 1. The summed E-state index contributed by atoms with van der Waals surface area (Å²) in [6, 6.07) is 0.0754. The molecule has 0 aliphatic heterocycles. The van der Waals surface area contributed by atoms with Crippen LogP contribution in [0.3, 0.4) is 0 Å². The number of nitrogens with zero attached hydrogens (tertiary/aromatic N) is 1. The lowest BCUT2D eigenvalue weighted by Gasteiger charge is -2.54. The van der Waals surface area contributed by atoms with Crippen molar-refractivity contribution in [3.05, 3.63) is 17.8 Å². The lowest BCUT2D eigenvalue weighted by molar-refractivity contribution is -0.0120. The minimum Gasteiger partial charge on any atom is -0.446 e. The quantitative estimate of drug-likeness (QED) is 0.867. The minimum absolute atomic E-state index is 0.0983. The van der Waals surface area contributed by atoms with E-state index in [9.17, 15) is 4.79 Å². The van der Waals surface area contributed by atoms with Gasteiger partial charge in [0.05, 0.1) is 6.04 Å².